The van der Waals surface area contributed by atoms with E-state index in [9.17, 15) is 4.79 Å². The maximum absolute atomic E-state index is 10.7. The second kappa shape index (κ2) is 6.26. The molecule has 3 rings (SSSR count). The largest absolute Gasteiger partial charge is 0.481 e. The number of thioether (sulfide) groups is 1. The second-order valence-corrected chi connectivity index (χ2v) is 7.55. The van der Waals surface area contributed by atoms with Crippen LogP contribution in [-0.2, 0) is 16.0 Å². The summed E-state index contributed by atoms with van der Waals surface area (Å²) in [4.78, 5) is 17.2. The van der Waals surface area contributed by atoms with Crippen molar-refractivity contribution in [3.8, 4) is 10.6 Å². The molecular weight excluding hydrogens is 314 g/mol. The van der Waals surface area contributed by atoms with Crippen molar-refractivity contribution in [3.05, 3.63) is 27.4 Å². The van der Waals surface area contributed by atoms with E-state index in [2.05, 4.69) is 4.98 Å². The first-order valence-corrected chi connectivity index (χ1v) is 9.03. The van der Waals surface area contributed by atoms with E-state index in [0.717, 1.165) is 38.6 Å². The zero-order chi connectivity index (χ0) is 13.9. The Balaban J connectivity index is 1.75. The van der Waals surface area contributed by atoms with Crippen molar-refractivity contribution in [2.24, 2.45) is 0 Å². The number of nitrogens with zero attached hydrogens (tertiary/aromatic N) is 1. The molecule has 2 aromatic heterocycles. The number of thiazole rings is 1. The number of hydrogen-bond acceptors (Lipinski definition) is 6. The predicted octanol–water partition coefficient (Wildman–Crippen LogP) is 3.30. The number of hydrogen-bond donors (Lipinski definition) is 1. The van der Waals surface area contributed by atoms with Crippen LogP contribution in [-0.4, -0.2) is 34.2 Å². The molecule has 0 amide bonds. The Morgan fingerprint density at radius 2 is 2.40 bits per heavy atom. The Morgan fingerprint density at radius 3 is 3.15 bits per heavy atom. The summed E-state index contributed by atoms with van der Waals surface area (Å²) in [7, 11) is 0. The monoisotopic (exact) mass is 327 g/mol. The van der Waals surface area contributed by atoms with Crippen molar-refractivity contribution < 1.29 is 14.6 Å². The first kappa shape index (κ1) is 14.1. The zero-order valence-corrected chi connectivity index (χ0v) is 13.0. The number of carboxylic acids is 1. The van der Waals surface area contributed by atoms with Gasteiger partial charge in [0.2, 0.25) is 0 Å². The molecule has 1 atom stereocenters. The summed E-state index contributed by atoms with van der Waals surface area (Å²) in [5.41, 5.74) is 0.922. The molecule has 106 valence electrons. The summed E-state index contributed by atoms with van der Waals surface area (Å²) in [6.45, 7) is 0.784. The van der Waals surface area contributed by atoms with Crippen LogP contribution in [0, 0.1) is 0 Å². The third-order valence-electron chi connectivity index (χ3n) is 2.85. The normalized spacial score (nSPS) is 19.1. The fourth-order valence-electron chi connectivity index (χ4n) is 1.94. The van der Waals surface area contributed by atoms with E-state index in [0.29, 0.717) is 0 Å². The Hall–Kier alpha value is -0.890. The van der Waals surface area contributed by atoms with Gasteiger partial charge in [0.1, 0.15) is 11.1 Å². The third kappa shape index (κ3) is 3.22. The molecule has 0 bridgehead atoms. The lowest BCUT2D eigenvalue weighted by molar-refractivity contribution is -0.136. The molecule has 0 aliphatic carbocycles. The lowest BCUT2D eigenvalue weighted by atomic mass is 10.3. The number of ether oxygens (including phenoxy) is 1. The molecule has 20 heavy (non-hydrogen) atoms. The molecule has 1 N–H and O–H groups in total. The van der Waals surface area contributed by atoms with Crippen LogP contribution in [0.15, 0.2) is 17.5 Å². The summed E-state index contributed by atoms with van der Waals surface area (Å²) in [5, 5.41) is 11.8. The van der Waals surface area contributed by atoms with Crippen molar-refractivity contribution in [1.29, 1.82) is 0 Å². The molecule has 0 radical (unpaired) electrons. The molecule has 1 aliphatic rings. The lowest BCUT2D eigenvalue weighted by Gasteiger charge is -2.19. The predicted molar refractivity (Wildman–Crippen MR) is 82.8 cm³/mol. The van der Waals surface area contributed by atoms with Gasteiger partial charge in [0.05, 0.1) is 23.6 Å². The molecule has 0 aromatic carbocycles. The minimum atomic E-state index is -0.801. The van der Waals surface area contributed by atoms with Crippen LogP contribution in [0.4, 0.5) is 0 Å². The maximum Gasteiger partial charge on any atom is 0.308 e. The van der Waals surface area contributed by atoms with Gasteiger partial charge >= 0.3 is 5.97 Å². The number of rotatable bonds is 4. The molecule has 1 saturated heterocycles. The highest BCUT2D eigenvalue weighted by Gasteiger charge is 2.20. The van der Waals surface area contributed by atoms with Crippen LogP contribution in [0.25, 0.3) is 10.6 Å². The fraction of sp³-hybridized carbons (Fsp3) is 0.385. The van der Waals surface area contributed by atoms with Gasteiger partial charge in [-0.05, 0) is 12.1 Å². The lowest BCUT2D eigenvalue weighted by Crippen LogP contribution is -2.15. The molecule has 3 heterocycles. The van der Waals surface area contributed by atoms with Gasteiger partial charge < -0.3 is 9.84 Å². The molecule has 7 heteroatoms. The minimum absolute atomic E-state index is 0.0734. The minimum Gasteiger partial charge on any atom is -0.481 e. The van der Waals surface area contributed by atoms with Crippen LogP contribution in [0.1, 0.15) is 16.0 Å². The van der Waals surface area contributed by atoms with Crippen molar-refractivity contribution in [2.45, 2.75) is 12.5 Å². The van der Waals surface area contributed by atoms with Gasteiger partial charge in [-0.25, -0.2) is 4.98 Å². The Labute approximate surface area is 128 Å². The number of thiophene rings is 1. The summed E-state index contributed by atoms with van der Waals surface area (Å²) >= 11 is 5.00. The zero-order valence-electron chi connectivity index (χ0n) is 10.6. The van der Waals surface area contributed by atoms with E-state index in [1.807, 2.05) is 29.3 Å². The van der Waals surface area contributed by atoms with E-state index >= 15 is 0 Å². The van der Waals surface area contributed by atoms with Gasteiger partial charge in [-0.3, -0.25) is 4.79 Å². The summed E-state index contributed by atoms with van der Waals surface area (Å²) in [5.74, 6) is 1.21. The van der Waals surface area contributed by atoms with Crippen molar-refractivity contribution >= 4 is 40.4 Å². The first-order valence-electron chi connectivity index (χ1n) is 6.18. The number of carboxylic acid groups (broad SMARTS) is 1. The molecule has 1 aliphatic heterocycles. The van der Waals surface area contributed by atoms with Gasteiger partial charge in [-0.2, -0.15) is 11.8 Å². The smallest absolute Gasteiger partial charge is 0.308 e. The van der Waals surface area contributed by atoms with E-state index in [-0.39, 0.29) is 12.5 Å². The molecule has 1 fully saturated rings. The molecule has 4 nitrogen and oxygen atoms in total. The average molecular weight is 327 g/mol. The Bertz CT molecular complexity index is 602. The van der Waals surface area contributed by atoms with Crippen LogP contribution >= 0.6 is 34.4 Å². The summed E-state index contributed by atoms with van der Waals surface area (Å²) in [6.07, 6.45) is 0.176. The SMILES string of the molecule is O=C(O)Cc1ccc(-c2csc(C3CSCCO3)n2)s1. The quantitative estimate of drug-likeness (QED) is 0.933. The van der Waals surface area contributed by atoms with Crippen molar-refractivity contribution in [2.75, 3.05) is 18.1 Å². The van der Waals surface area contributed by atoms with Crippen LogP contribution in [0.5, 0.6) is 0 Å². The summed E-state index contributed by atoms with van der Waals surface area (Å²) in [6, 6.07) is 3.80. The Kier molecular flexibility index (Phi) is 4.40. The maximum atomic E-state index is 10.7. The number of aliphatic carboxylic acids is 1. The van der Waals surface area contributed by atoms with Gasteiger partial charge in [-0.1, -0.05) is 0 Å². The Morgan fingerprint density at radius 1 is 1.50 bits per heavy atom. The first-order chi connectivity index (χ1) is 9.72. The highest BCUT2D eigenvalue weighted by Crippen LogP contribution is 2.34. The molecule has 0 spiro atoms. The van der Waals surface area contributed by atoms with Gasteiger partial charge in [0, 0.05) is 21.8 Å². The van der Waals surface area contributed by atoms with Gasteiger partial charge in [-0.15, -0.1) is 22.7 Å². The van der Waals surface area contributed by atoms with Crippen LogP contribution in [0.2, 0.25) is 0 Å². The van der Waals surface area contributed by atoms with Crippen molar-refractivity contribution in [1.82, 2.24) is 4.98 Å². The highest BCUT2D eigenvalue weighted by molar-refractivity contribution is 7.99. The summed E-state index contributed by atoms with van der Waals surface area (Å²) < 4.78 is 5.72. The number of aromatic nitrogens is 1. The number of carbonyl (C=O) groups is 1. The fourth-order valence-corrected chi connectivity index (χ4v) is 4.79. The molecule has 2 aromatic rings. The molecule has 1 unspecified atom stereocenters. The van der Waals surface area contributed by atoms with Crippen LogP contribution in [0.3, 0.4) is 0 Å². The van der Waals surface area contributed by atoms with E-state index in [1.54, 1.807) is 11.3 Å². The van der Waals surface area contributed by atoms with Crippen LogP contribution < -0.4 is 0 Å². The third-order valence-corrected chi connectivity index (χ3v) is 5.89. The standard InChI is InChI=1S/C13H13NO3S3/c15-12(16)5-8-1-2-11(20-8)9-6-19-13(14-9)10-7-18-4-3-17-10/h1-2,6,10H,3-5,7H2,(H,15,16). The average Bonchev–Trinajstić information content (AvgIpc) is 3.07. The van der Waals surface area contributed by atoms with Gasteiger partial charge in [0.25, 0.3) is 0 Å². The topological polar surface area (TPSA) is 59.4 Å². The van der Waals surface area contributed by atoms with E-state index < -0.39 is 5.97 Å². The molecule has 0 saturated carbocycles. The van der Waals surface area contributed by atoms with E-state index in [1.165, 1.54) is 11.3 Å². The molecular formula is C13H13NO3S3. The second-order valence-electron chi connectivity index (χ2n) is 4.34. The van der Waals surface area contributed by atoms with Crippen molar-refractivity contribution in [3.63, 3.8) is 0 Å². The highest BCUT2D eigenvalue weighted by atomic mass is 32.2. The van der Waals surface area contributed by atoms with Gasteiger partial charge in [0.15, 0.2) is 0 Å². The van der Waals surface area contributed by atoms with E-state index in [4.69, 9.17) is 9.84 Å².